The molecule has 1 atom stereocenters. The van der Waals surface area contributed by atoms with Gasteiger partial charge in [0.1, 0.15) is 0 Å². The van der Waals surface area contributed by atoms with E-state index >= 15 is 0 Å². The smallest absolute Gasteiger partial charge is 0.0542 e. The third-order valence-corrected chi connectivity index (χ3v) is 4.60. The lowest BCUT2D eigenvalue weighted by Gasteiger charge is -2.38. The molecule has 104 valence electrons. The molecule has 1 saturated heterocycles. The Labute approximate surface area is 129 Å². The van der Waals surface area contributed by atoms with Gasteiger partial charge in [-0.15, -0.1) is 0 Å². The molecule has 1 aliphatic rings. The maximum Gasteiger partial charge on any atom is 0.0542 e. The summed E-state index contributed by atoms with van der Waals surface area (Å²) < 4.78 is 1.17. The van der Waals surface area contributed by atoms with E-state index in [0.717, 1.165) is 6.54 Å². The molecule has 20 heavy (non-hydrogen) atoms. The molecule has 0 amide bonds. The van der Waals surface area contributed by atoms with Gasteiger partial charge >= 0.3 is 0 Å². The molecule has 2 heteroatoms. The summed E-state index contributed by atoms with van der Waals surface area (Å²) in [5, 5.41) is 0. The van der Waals surface area contributed by atoms with E-state index in [1.54, 1.807) is 0 Å². The van der Waals surface area contributed by atoms with Gasteiger partial charge in [-0.2, -0.15) is 0 Å². The number of hydrogen-bond acceptors (Lipinski definition) is 1. The monoisotopic (exact) mass is 329 g/mol. The van der Waals surface area contributed by atoms with Crippen LogP contribution >= 0.6 is 15.9 Å². The number of nitrogens with zero attached hydrogens (tertiary/aromatic N) is 1. The quantitative estimate of drug-likeness (QED) is 0.704. The number of benzene rings is 2. The Hall–Kier alpha value is -1.28. The SMILES string of the molecule is Cc1ccc(N2CCCCC2c2cccc(Br)c2)cc1. The second-order valence-corrected chi connectivity index (χ2v) is 6.51. The van der Waals surface area contributed by atoms with Crippen molar-refractivity contribution in [2.75, 3.05) is 11.4 Å². The molecule has 0 radical (unpaired) electrons. The van der Waals surface area contributed by atoms with Crippen molar-refractivity contribution in [2.45, 2.75) is 32.2 Å². The Kier molecular flexibility index (Phi) is 4.11. The molecule has 3 rings (SSSR count). The van der Waals surface area contributed by atoms with Crippen LogP contribution in [-0.4, -0.2) is 6.54 Å². The van der Waals surface area contributed by atoms with Crippen molar-refractivity contribution >= 4 is 21.6 Å². The summed E-state index contributed by atoms with van der Waals surface area (Å²) in [7, 11) is 0. The van der Waals surface area contributed by atoms with Crippen molar-refractivity contribution < 1.29 is 0 Å². The second-order valence-electron chi connectivity index (χ2n) is 5.60. The Morgan fingerprint density at radius 3 is 2.60 bits per heavy atom. The third-order valence-electron chi connectivity index (χ3n) is 4.10. The molecule has 1 nitrogen and oxygen atoms in total. The Morgan fingerprint density at radius 1 is 1.05 bits per heavy atom. The molecular formula is C18H20BrN. The molecule has 0 spiro atoms. The first-order valence-corrected chi connectivity index (χ1v) is 8.12. The van der Waals surface area contributed by atoms with E-state index in [9.17, 15) is 0 Å². The van der Waals surface area contributed by atoms with Gasteiger partial charge in [0.2, 0.25) is 0 Å². The van der Waals surface area contributed by atoms with Crippen LogP contribution in [0.25, 0.3) is 0 Å². The summed E-state index contributed by atoms with van der Waals surface area (Å²) in [4.78, 5) is 2.56. The van der Waals surface area contributed by atoms with E-state index in [4.69, 9.17) is 0 Å². The van der Waals surface area contributed by atoms with Gasteiger partial charge in [-0.05, 0) is 56.0 Å². The van der Waals surface area contributed by atoms with Crippen molar-refractivity contribution in [2.24, 2.45) is 0 Å². The zero-order valence-electron chi connectivity index (χ0n) is 11.8. The van der Waals surface area contributed by atoms with E-state index in [0.29, 0.717) is 6.04 Å². The van der Waals surface area contributed by atoms with Gasteiger partial charge in [0.15, 0.2) is 0 Å². The molecular weight excluding hydrogens is 310 g/mol. The normalized spacial score (nSPS) is 19.1. The number of halogens is 1. The largest absolute Gasteiger partial charge is 0.364 e. The third kappa shape index (κ3) is 2.90. The van der Waals surface area contributed by atoms with E-state index < -0.39 is 0 Å². The minimum absolute atomic E-state index is 0.504. The molecule has 0 bridgehead atoms. The van der Waals surface area contributed by atoms with Crippen LogP contribution in [0.2, 0.25) is 0 Å². The van der Waals surface area contributed by atoms with Gasteiger partial charge in [-0.25, -0.2) is 0 Å². The Balaban J connectivity index is 1.93. The molecule has 1 fully saturated rings. The van der Waals surface area contributed by atoms with Crippen LogP contribution in [0.15, 0.2) is 53.0 Å². The summed E-state index contributed by atoms with van der Waals surface area (Å²) >= 11 is 3.60. The number of piperidine rings is 1. The molecule has 0 aromatic heterocycles. The summed E-state index contributed by atoms with van der Waals surface area (Å²) in [5.74, 6) is 0. The second kappa shape index (κ2) is 6.01. The zero-order chi connectivity index (χ0) is 13.9. The average molecular weight is 330 g/mol. The fraction of sp³-hybridized carbons (Fsp3) is 0.333. The fourth-order valence-electron chi connectivity index (χ4n) is 3.04. The summed E-state index contributed by atoms with van der Waals surface area (Å²) in [6.07, 6.45) is 3.85. The molecule has 1 unspecified atom stereocenters. The van der Waals surface area contributed by atoms with E-state index in [-0.39, 0.29) is 0 Å². The fourth-order valence-corrected chi connectivity index (χ4v) is 3.45. The lowest BCUT2D eigenvalue weighted by Crippen LogP contribution is -2.33. The highest BCUT2D eigenvalue weighted by Crippen LogP contribution is 2.35. The van der Waals surface area contributed by atoms with Crippen molar-refractivity contribution in [3.05, 3.63) is 64.1 Å². The van der Waals surface area contributed by atoms with Crippen molar-refractivity contribution in [3.8, 4) is 0 Å². The topological polar surface area (TPSA) is 3.24 Å². The molecule has 1 heterocycles. The molecule has 2 aromatic carbocycles. The van der Waals surface area contributed by atoms with E-state index in [2.05, 4.69) is 76.3 Å². The highest BCUT2D eigenvalue weighted by Gasteiger charge is 2.24. The summed E-state index contributed by atoms with van der Waals surface area (Å²) in [6, 6.07) is 18.2. The predicted octanol–water partition coefficient (Wildman–Crippen LogP) is 5.49. The maximum atomic E-state index is 3.60. The van der Waals surface area contributed by atoms with Crippen LogP contribution in [0.4, 0.5) is 5.69 Å². The summed E-state index contributed by atoms with van der Waals surface area (Å²) in [6.45, 7) is 3.30. The van der Waals surface area contributed by atoms with Crippen molar-refractivity contribution in [3.63, 3.8) is 0 Å². The van der Waals surface area contributed by atoms with E-state index in [1.807, 2.05) is 0 Å². The number of hydrogen-bond donors (Lipinski definition) is 0. The van der Waals surface area contributed by atoms with Crippen LogP contribution in [0, 0.1) is 6.92 Å². The molecule has 0 N–H and O–H groups in total. The minimum Gasteiger partial charge on any atom is -0.364 e. The number of anilines is 1. The van der Waals surface area contributed by atoms with Gasteiger partial charge in [0.25, 0.3) is 0 Å². The van der Waals surface area contributed by atoms with Crippen molar-refractivity contribution in [1.82, 2.24) is 0 Å². The van der Waals surface area contributed by atoms with Crippen LogP contribution in [-0.2, 0) is 0 Å². The van der Waals surface area contributed by atoms with Crippen LogP contribution < -0.4 is 4.90 Å². The zero-order valence-corrected chi connectivity index (χ0v) is 13.4. The van der Waals surface area contributed by atoms with Crippen LogP contribution in [0.5, 0.6) is 0 Å². The first kappa shape index (κ1) is 13.7. The van der Waals surface area contributed by atoms with E-state index in [1.165, 1.54) is 40.5 Å². The standard InChI is InChI=1S/C18H20BrN/c1-14-8-10-17(11-9-14)20-12-3-2-7-18(20)15-5-4-6-16(19)13-15/h4-6,8-11,13,18H,2-3,7,12H2,1H3. The Morgan fingerprint density at radius 2 is 1.85 bits per heavy atom. The Bertz CT molecular complexity index is 576. The highest BCUT2D eigenvalue weighted by atomic mass is 79.9. The minimum atomic E-state index is 0.504. The molecule has 1 aliphatic heterocycles. The average Bonchev–Trinajstić information content (AvgIpc) is 2.48. The summed E-state index contributed by atoms with van der Waals surface area (Å²) in [5.41, 5.74) is 4.09. The lowest BCUT2D eigenvalue weighted by atomic mass is 9.94. The number of aryl methyl sites for hydroxylation is 1. The molecule has 0 aliphatic carbocycles. The first-order valence-electron chi connectivity index (χ1n) is 7.33. The molecule has 2 aromatic rings. The van der Waals surface area contributed by atoms with Gasteiger partial charge in [-0.3, -0.25) is 0 Å². The molecule has 0 saturated carbocycles. The van der Waals surface area contributed by atoms with Gasteiger partial charge in [0.05, 0.1) is 6.04 Å². The highest BCUT2D eigenvalue weighted by molar-refractivity contribution is 9.10. The van der Waals surface area contributed by atoms with Crippen molar-refractivity contribution in [1.29, 1.82) is 0 Å². The van der Waals surface area contributed by atoms with Crippen LogP contribution in [0.3, 0.4) is 0 Å². The van der Waals surface area contributed by atoms with Gasteiger partial charge in [-0.1, -0.05) is 45.8 Å². The number of rotatable bonds is 2. The maximum absolute atomic E-state index is 3.60. The predicted molar refractivity (Wildman–Crippen MR) is 89.3 cm³/mol. The van der Waals surface area contributed by atoms with Gasteiger partial charge in [0, 0.05) is 16.7 Å². The van der Waals surface area contributed by atoms with Gasteiger partial charge < -0.3 is 4.90 Å². The lowest BCUT2D eigenvalue weighted by molar-refractivity contribution is 0.473. The first-order chi connectivity index (χ1) is 9.74. The van der Waals surface area contributed by atoms with Crippen LogP contribution in [0.1, 0.15) is 36.4 Å².